The van der Waals surface area contributed by atoms with Crippen molar-refractivity contribution in [1.82, 2.24) is 0 Å². The summed E-state index contributed by atoms with van der Waals surface area (Å²) in [5, 5.41) is 40.9. The van der Waals surface area contributed by atoms with Crippen molar-refractivity contribution in [2.45, 2.75) is 76.1 Å². The maximum Gasteiger partial charge on any atom is 0.217 e. The fraction of sp³-hybridized carbons (Fsp3) is 0.643. The monoisotopic (exact) mass is 506 g/mol. The van der Waals surface area contributed by atoms with Gasteiger partial charge >= 0.3 is 0 Å². The topological polar surface area (TPSA) is 141 Å². The third kappa shape index (κ3) is 3.87. The maximum atomic E-state index is 10.7. The summed E-state index contributed by atoms with van der Waals surface area (Å²) in [5.74, 6) is -1.20. The van der Waals surface area contributed by atoms with Gasteiger partial charge in [-0.2, -0.15) is 15.8 Å². The minimum Gasteiger partial charge on any atom is -0.496 e. The van der Waals surface area contributed by atoms with E-state index in [-0.39, 0.29) is 5.90 Å². The van der Waals surface area contributed by atoms with Gasteiger partial charge in [0.1, 0.15) is 11.9 Å². The Labute approximate surface area is 218 Å². The average Bonchev–Trinajstić information content (AvgIpc) is 3.10. The van der Waals surface area contributed by atoms with Crippen molar-refractivity contribution in [2.75, 3.05) is 21.3 Å². The Hall–Kier alpha value is -3.48. The van der Waals surface area contributed by atoms with Crippen molar-refractivity contribution in [3.63, 3.8) is 0 Å². The van der Waals surface area contributed by atoms with E-state index in [1.54, 1.807) is 12.1 Å². The van der Waals surface area contributed by atoms with Crippen LogP contribution >= 0.6 is 0 Å². The highest BCUT2D eigenvalue weighted by molar-refractivity contribution is 5.89. The first-order valence-corrected chi connectivity index (χ1v) is 12.9. The second-order valence-corrected chi connectivity index (χ2v) is 10.1. The number of rotatable bonds is 4. The number of methoxy groups -OCH3 is 3. The van der Waals surface area contributed by atoms with E-state index in [9.17, 15) is 15.8 Å². The van der Waals surface area contributed by atoms with Gasteiger partial charge in [-0.3, -0.25) is 5.41 Å². The summed E-state index contributed by atoms with van der Waals surface area (Å²) in [6.07, 6.45) is 7.81. The SMILES string of the molecule is COc1cc(OC)c(C2OC34CCCCCCCCCCC3C(C#N)(C(=N)O4)C2(C#N)C#N)cc1OC. The Morgan fingerprint density at radius 3 is 1.95 bits per heavy atom. The van der Waals surface area contributed by atoms with Gasteiger partial charge in [0.15, 0.2) is 16.9 Å². The van der Waals surface area contributed by atoms with Crippen molar-refractivity contribution in [2.24, 2.45) is 16.7 Å². The number of nitrogens with one attached hydrogen (secondary N) is 1. The smallest absolute Gasteiger partial charge is 0.217 e. The largest absolute Gasteiger partial charge is 0.496 e. The number of nitriles is 3. The van der Waals surface area contributed by atoms with Gasteiger partial charge in [0, 0.05) is 18.1 Å². The van der Waals surface area contributed by atoms with Crippen LogP contribution < -0.4 is 14.2 Å². The van der Waals surface area contributed by atoms with Gasteiger partial charge < -0.3 is 23.7 Å². The van der Waals surface area contributed by atoms with Gasteiger partial charge in [-0.1, -0.05) is 44.9 Å². The van der Waals surface area contributed by atoms with E-state index >= 15 is 0 Å². The molecular weight excluding hydrogens is 472 g/mol. The predicted octanol–water partition coefficient (Wildman–Crippen LogP) is 5.56. The molecule has 1 aromatic carbocycles. The highest BCUT2D eigenvalue weighted by atomic mass is 16.7. The molecule has 9 nitrogen and oxygen atoms in total. The van der Waals surface area contributed by atoms with Gasteiger partial charge in [0.05, 0.1) is 45.5 Å². The van der Waals surface area contributed by atoms with Gasteiger partial charge in [0.25, 0.3) is 0 Å². The summed E-state index contributed by atoms with van der Waals surface area (Å²) in [4.78, 5) is 0. The average molecular weight is 507 g/mol. The quantitative estimate of drug-likeness (QED) is 0.559. The summed E-state index contributed by atoms with van der Waals surface area (Å²) in [7, 11) is 4.45. The zero-order valence-electron chi connectivity index (χ0n) is 21.8. The van der Waals surface area contributed by atoms with Crippen LogP contribution in [0.3, 0.4) is 0 Å². The molecule has 196 valence electrons. The molecule has 4 unspecified atom stereocenters. The minimum absolute atomic E-state index is 0.319. The lowest BCUT2D eigenvalue weighted by Crippen LogP contribution is -2.59. The molecular formula is C28H34N4O5. The van der Waals surface area contributed by atoms with Crippen LogP contribution in [0, 0.1) is 56.2 Å². The standard InChI is InChI=1S/C28H34N4O5/c1-33-20-15-22(35-3)21(34-2)14-19(20)24-26(16-29,17-30)27(18-31)23-12-10-8-6-4-5-7-9-11-13-28(23,36-24)37-25(27)32/h14-15,23-24,32H,4-13H2,1-3H3. The number of hydrogen-bond acceptors (Lipinski definition) is 9. The molecule has 3 fully saturated rings. The lowest BCUT2D eigenvalue weighted by atomic mass is 9.52. The third-order valence-electron chi connectivity index (χ3n) is 8.33. The highest BCUT2D eigenvalue weighted by Gasteiger charge is 2.80. The fourth-order valence-corrected chi connectivity index (χ4v) is 6.46. The van der Waals surface area contributed by atoms with Crippen LogP contribution in [0.4, 0.5) is 0 Å². The van der Waals surface area contributed by atoms with Gasteiger partial charge in [-0.25, -0.2) is 0 Å². The van der Waals surface area contributed by atoms with Crippen LogP contribution in [0.1, 0.15) is 75.9 Å². The molecule has 2 bridgehead atoms. The minimum atomic E-state index is -2.06. The first-order valence-electron chi connectivity index (χ1n) is 12.9. The molecule has 0 spiro atoms. The third-order valence-corrected chi connectivity index (χ3v) is 8.33. The van der Waals surface area contributed by atoms with E-state index in [1.165, 1.54) is 34.2 Å². The molecule has 1 aliphatic carbocycles. The molecule has 2 heterocycles. The lowest BCUT2D eigenvalue weighted by Gasteiger charge is -2.50. The zero-order valence-corrected chi connectivity index (χ0v) is 21.8. The summed E-state index contributed by atoms with van der Waals surface area (Å²) in [6.45, 7) is 0. The molecule has 2 saturated heterocycles. The second-order valence-electron chi connectivity index (χ2n) is 10.1. The molecule has 0 aromatic heterocycles. The molecule has 0 radical (unpaired) electrons. The van der Waals surface area contributed by atoms with Crippen molar-refractivity contribution in [1.29, 1.82) is 21.2 Å². The van der Waals surface area contributed by atoms with Crippen LogP contribution in [-0.2, 0) is 9.47 Å². The molecule has 1 aromatic rings. The van der Waals surface area contributed by atoms with E-state index in [2.05, 4.69) is 18.2 Å². The van der Waals surface area contributed by atoms with Gasteiger partial charge in [-0.15, -0.1) is 0 Å². The predicted molar refractivity (Wildman–Crippen MR) is 133 cm³/mol. The van der Waals surface area contributed by atoms with Crippen molar-refractivity contribution in [3.8, 4) is 35.5 Å². The van der Waals surface area contributed by atoms with Gasteiger partial charge in [-0.05, 0) is 18.9 Å². The van der Waals surface area contributed by atoms with Crippen LogP contribution in [-0.4, -0.2) is 33.0 Å². The fourth-order valence-electron chi connectivity index (χ4n) is 6.46. The normalized spacial score (nSPS) is 31.1. The number of ether oxygens (including phenoxy) is 5. The van der Waals surface area contributed by atoms with E-state index < -0.39 is 28.6 Å². The Morgan fingerprint density at radius 1 is 0.811 bits per heavy atom. The number of hydrogen-bond donors (Lipinski definition) is 1. The number of nitrogens with zero attached hydrogens (tertiary/aromatic N) is 3. The molecule has 2 aliphatic heterocycles. The maximum absolute atomic E-state index is 10.7. The highest BCUT2D eigenvalue weighted by Crippen LogP contribution is 2.69. The molecule has 9 heteroatoms. The van der Waals surface area contributed by atoms with Crippen molar-refractivity contribution >= 4 is 5.90 Å². The molecule has 0 amide bonds. The molecule has 37 heavy (non-hydrogen) atoms. The van der Waals surface area contributed by atoms with Crippen LogP contribution in [0.15, 0.2) is 12.1 Å². The Morgan fingerprint density at radius 2 is 1.38 bits per heavy atom. The summed E-state index contributed by atoms with van der Waals surface area (Å²) < 4.78 is 29.5. The van der Waals surface area contributed by atoms with Crippen molar-refractivity contribution in [3.05, 3.63) is 17.7 Å². The van der Waals surface area contributed by atoms with E-state index in [0.717, 1.165) is 38.5 Å². The first kappa shape index (κ1) is 26.6. The first-order chi connectivity index (χ1) is 17.9. The van der Waals surface area contributed by atoms with Crippen LogP contribution in [0.25, 0.3) is 0 Å². The summed E-state index contributed by atoms with van der Waals surface area (Å²) in [5.41, 5.74) is -3.50. The molecule has 1 saturated carbocycles. The Balaban J connectivity index is 1.95. The summed E-state index contributed by atoms with van der Waals surface area (Å²) >= 11 is 0. The molecule has 3 aliphatic rings. The lowest BCUT2D eigenvalue weighted by molar-refractivity contribution is -0.288. The van der Waals surface area contributed by atoms with Crippen molar-refractivity contribution < 1.29 is 23.7 Å². The Kier molecular flexibility index (Phi) is 7.53. The zero-order chi connectivity index (χ0) is 26.7. The van der Waals surface area contributed by atoms with Crippen LogP contribution in [0.5, 0.6) is 17.2 Å². The van der Waals surface area contributed by atoms with E-state index in [1.807, 2.05) is 0 Å². The molecule has 1 N–H and O–H groups in total. The summed E-state index contributed by atoms with van der Waals surface area (Å²) in [6, 6.07) is 9.78. The molecule has 4 rings (SSSR count). The Bertz CT molecular complexity index is 1150. The van der Waals surface area contributed by atoms with Crippen LogP contribution in [0.2, 0.25) is 0 Å². The number of benzene rings is 1. The van der Waals surface area contributed by atoms with E-state index in [0.29, 0.717) is 35.7 Å². The van der Waals surface area contributed by atoms with E-state index in [4.69, 9.17) is 29.1 Å². The second kappa shape index (κ2) is 10.5. The molecule has 4 atom stereocenters. The van der Waals surface area contributed by atoms with Gasteiger partial charge in [0.2, 0.25) is 17.1 Å².